The van der Waals surface area contributed by atoms with Crippen LogP contribution in [-0.4, -0.2) is 35.6 Å². The SMILES string of the molecule is O=c1oc2ccccc2c(N2CCCN3CCC[C@H]32)c1[N+](=O)[O-]. The zero-order chi connectivity index (χ0) is 16.0. The van der Waals surface area contributed by atoms with Crippen molar-refractivity contribution >= 4 is 22.3 Å². The Bertz CT molecular complexity index is 832. The number of hydrogen-bond acceptors (Lipinski definition) is 6. The third kappa shape index (κ3) is 2.19. The second-order valence-corrected chi connectivity index (χ2v) is 6.05. The molecule has 0 saturated carbocycles. The van der Waals surface area contributed by atoms with Gasteiger partial charge in [-0.2, -0.15) is 0 Å². The first-order chi connectivity index (χ1) is 11.2. The molecule has 7 heteroatoms. The number of para-hydroxylation sites is 1. The highest BCUT2D eigenvalue weighted by atomic mass is 16.6. The molecule has 7 nitrogen and oxygen atoms in total. The lowest BCUT2D eigenvalue weighted by Gasteiger charge is -2.41. The number of anilines is 1. The highest BCUT2D eigenvalue weighted by Crippen LogP contribution is 2.38. The molecule has 1 aromatic heterocycles. The van der Waals surface area contributed by atoms with Crippen molar-refractivity contribution in [1.29, 1.82) is 0 Å². The van der Waals surface area contributed by atoms with Gasteiger partial charge in [0.1, 0.15) is 11.3 Å². The molecule has 4 rings (SSSR count). The zero-order valence-corrected chi connectivity index (χ0v) is 12.6. The molecule has 2 aliphatic rings. The van der Waals surface area contributed by atoms with E-state index in [4.69, 9.17) is 4.42 Å². The summed E-state index contributed by atoms with van der Waals surface area (Å²) >= 11 is 0. The van der Waals surface area contributed by atoms with Crippen LogP contribution in [0.2, 0.25) is 0 Å². The number of benzene rings is 1. The molecule has 1 aromatic carbocycles. The Kier molecular flexibility index (Phi) is 3.30. The van der Waals surface area contributed by atoms with Crippen LogP contribution in [0.25, 0.3) is 11.0 Å². The van der Waals surface area contributed by atoms with E-state index >= 15 is 0 Å². The fraction of sp³-hybridized carbons (Fsp3) is 0.438. The van der Waals surface area contributed by atoms with Crippen molar-refractivity contribution in [2.45, 2.75) is 25.4 Å². The lowest BCUT2D eigenvalue weighted by Crippen LogP contribution is -2.51. The summed E-state index contributed by atoms with van der Waals surface area (Å²) in [5.41, 5.74) is -0.511. The summed E-state index contributed by atoms with van der Waals surface area (Å²) in [6, 6.07) is 7.04. The lowest BCUT2D eigenvalue weighted by molar-refractivity contribution is -0.386. The number of rotatable bonds is 2. The standard InChI is InChI=1S/C16H17N3O4/c20-16-15(19(21)22)14(11-5-1-2-6-12(11)23-16)18-10-4-9-17-8-3-7-13(17)18/h1-2,5-6,13H,3-4,7-10H2/t13-/m1/s1. The molecule has 23 heavy (non-hydrogen) atoms. The molecule has 0 bridgehead atoms. The van der Waals surface area contributed by atoms with Crippen molar-refractivity contribution < 1.29 is 9.34 Å². The summed E-state index contributed by atoms with van der Waals surface area (Å²) in [6.07, 6.45) is 3.11. The van der Waals surface area contributed by atoms with Crippen LogP contribution in [0.1, 0.15) is 19.3 Å². The summed E-state index contributed by atoms with van der Waals surface area (Å²) in [6.45, 7) is 2.73. The van der Waals surface area contributed by atoms with E-state index in [9.17, 15) is 14.9 Å². The van der Waals surface area contributed by atoms with Gasteiger partial charge in [-0.15, -0.1) is 0 Å². The van der Waals surface area contributed by atoms with Crippen LogP contribution in [0.5, 0.6) is 0 Å². The summed E-state index contributed by atoms with van der Waals surface area (Å²) in [4.78, 5) is 27.5. The van der Waals surface area contributed by atoms with Gasteiger partial charge in [-0.25, -0.2) is 4.79 Å². The van der Waals surface area contributed by atoms with Crippen molar-refractivity contribution in [2.24, 2.45) is 0 Å². The predicted octanol–water partition coefficient (Wildman–Crippen LogP) is 2.33. The van der Waals surface area contributed by atoms with Gasteiger partial charge < -0.3 is 9.32 Å². The molecular formula is C16H17N3O4. The maximum absolute atomic E-state index is 12.2. The molecule has 2 aromatic rings. The molecule has 0 amide bonds. The molecule has 2 saturated heterocycles. The number of hydrogen-bond donors (Lipinski definition) is 0. The van der Waals surface area contributed by atoms with E-state index in [0.717, 1.165) is 38.9 Å². The molecule has 0 aliphatic carbocycles. The van der Waals surface area contributed by atoms with Crippen LogP contribution in [0.3, 0.4) is 0 Å². The molecular weight excluding hydrogens is 298 g/mol. The Morgan fingerprint density at radius 2 is 1.96 bits per heavy atom. The van der Waals surface area contributed by atoms with Crippen molar-refractivity contribution in [3.05, 3.63) is 44.8 Å². The Morgan fingerprint density at radius 1 is 1.17 bits per heavy atom. The normalized spacial score (nSPS) is 21.6. The van der Waals surface area contributed by atoms with Crippen molar-refractivity contribution in [2.75, 3.05) is 24.5 Å². The van der Waals surface area contributed by atoms with Crippen LogP contribution in [0, 0.1) is 10.1 Å². The van der Waals surface area contributed by atoms with Crippen LogP contribution >= 0.6 is 0 Å². The van der Waals surface area contributed by atoms with Crippen molar-refractivity contribution in [3.63, 3.8) is 0 Å². The van der Waals surface area contributed by atoms with E-state index in [2.05, 4.69) is 4.90 Å². The summed E-state index contributed by atoms with van der Waals surface area (Å²) in [5.74, 6) is 0. The van der Waals surface area contributed by atoms with E-state index < -0.39 is 16.2 Å². The molecule has 0 radical (unpaired) electrons. The molecule has 1 atom stereocenters. The van der Waals surface area contributed by atoms with Gasteiger partial charge in [0.25, 0.3) is 0 Å². The van der Waals surface area contributed by atoms with E-state index in [-0.39, 0.29) is 6.17 Å². The third-order valence-electron chi connectivity index (χ3n) is 4.77. The third-order valence-corrected chi connectivity index (χ3v) is 4.77. The fourth-order valence-corrected chi connectivity index (χ4v) is 3.85. The van der Waals surface area contributed by atoms with Crippen LogP contribution in [0.15, 0.2) is 33.5 Å². The minimum atomic E-state index is -0.876. The quantitative estimate of drug-likeness (QED) is 0.481. The maximum atomic E-state index is 12.2. The van der Waals surface area contributed by atoms with Crippen LogP contribution in [-0.2, 0) is 0 Å². The smallest absolute Gasteiger partial charge is 0.417 e. The molecule has 0 spiro atoms. The Labute approximate surface area is 132 Å². The minimum Gasteiger partial charge on any atom is -0.418 e. The topological polar surface area (TPSA) is 79.8 Å². The zero-order valence-electron chi connectivity index (χ0n) is 12.6. The van der Waals surface area contributed by atoms with E-state index in [1.165, 1.54) is 0 Å². The summed E-state index contributed by atoms with van der Waals surface area (Å²) < 4.78 is 5.16. The van der Waals surface area contributed by atoms with Gasteiger partial charge in [0.05, 0.1) is 11.1 Å². The van der Waals surface area contributed by atoms with Crippen molar-refractivity contribution in [1.82, 2.24) is 4.90 Å². The highest BCUT2D eigenvalue weighted by molar-refractivity contribution is 5.95. The number of nitro groups is 1. The molecule has 2 aliphatic heterocycles. The molecule has 2 fully saturated rings. The molecule has 0 N–H and O–H groups in total. The first-order valence-electron chi connectivity index (χ1n) is 7.88. The summed E-state index contributed by atoms with van der Waals surface area (Å²) in [7, 11) is 0. The lowest BCUT2D eigenvalue weighted by atomic mass is 10.1. The van der Waals surface area contributed by atoms with Gasteiger partial charge in [0, 0.05) is 25.0 Å². The van der Waals surface area contributed by atoms with E-state index in [1.54, 1.807) is 18.2 Å². The van der Waals surface area contributed by atoms with E-state index in [1.807, 2.05) is 11.0 Å². The van der Waals surface area contributed by atoms with E-state index in [0.29, 0.717) is 16.7 Å². The first kappa shape index (κ1) is 14.2. The van der Waals surface area contributed by atoms with Gasteiger partial charge in [-0.1, -0.05) is 12.1 Å². The van der Waals surface area contributed by atoms with Gasteiger partial charge in [-0.05, 0) is 31.4 Å². The average molecular weight is 315 g/mol. The Morgan fingerprint density at radius 3 is 2.78 bits per heavy atom. The Hall–Kier alpha value is -2.41. The van der Waals surface area contributed by atoms with Gasteiger partial charge in [0.2, 0.25) is 0 Å². The van der Waals surface area contributed by atoms with Gasteiger partial charge in [-0.3, -0.25) is 15.0 Å². The monoisotopic (exact) mass is 315 g/mol. The molecule has 3 heterocycles. The number of nitrogens with zero attached hydrogens (tertiary/aromatic N) is 3. The van der Waals surface area contributed by atoms with Crippen LogP contribution < -0.4 is 10.5 Å². The molecule has 120 valence electrons. The summed E-state index contributed by atoms with van der Waals surface area (Å²) in [5, 5.41) is 12.2. The highest BCUT2D eigenvalue weighted by Gasteiger charge is 2.38. The second-order valence-electron chi connectivity index (χ2n) is 6.05. The average Bonchev–Trinajstić information content (AvgIpc) is 3.01. The second kappa shape index (κ2) is 5.34. The molecule has 0 unspecified atom stereocenters. The minimum absolute atomic E-state index is 0.132. The number of fused-ring (bicyclic) bond motifs is 2. The fourth-order valence-electron chi connectivity index (χ4n) is 3.85. The van der Waals surface area contributed by atoms with Gasteiger partial charge in [0.15, 0.2) is 0 Å². The first-order valence-corrected chi connectivity index (χ1v) is 7.88. The Balaban J connectivity index is 1.98. The predicted molar refractivity (Wildman–Crippen MR) is 85.7 cm³/mol. The largest absolute Gasteiger partial charge is 0.418 e. The van der Waals surface area contributed by atoms with Crippen LogP contribution in [0.4, 0.5) is 11.4 Å². The van der Waals surface area contributed by atoms with Crippen molar-refractivity contribution in [3.8, 4) is 0 Å². The maximum Gasteiger partial charge on any atom is 0.417 e. The van der Waals surface area contributed by atoms with Gasteiger partial charge >= 0.3 is 11.3 Å².